The standard InChI is InChI=1S/C11H18FN3O/c1-4-9-10(12)11(15-7-14-9)13-5-6-16-8(2)3/h7-8H,4-6H2,1-3H3,(H,13,14,15). The zero-order valence-electron chi connectivity index (χ0n) is 9.96. The summed E-state index contributed by atoms with van der Waals surface area (Å²) in [6.07, 6.45) is 2.11. The number of nitrogens with one attached hydrogen (secondary N) is 1. The number of ether oxygens (including phenoxy) is 1. The fraction of sp³-hybridized carbons (Fsp3) is 0.636. The second-order valence-corrected chi connectivity index (χ2v) is 3.68. The highest BCUT2D eigenvalue weighted by molar-refractivity contribution is 5.37. The van der Waals surface area contributed by atoms with Gasteiger partial charge in [0.1, 0.15) is 6.33 Å². The van der Waals surface area contributed by atoms with Crippen LogP contribution in [-0.4, -0.2) is 29.2 Å². The third-order valence-electron chi connectivity index (χ3n) is 2.04. The molecule has 0 amide bonds. The normalized spacial score (nSPS) is 10.8. The van der Waals surface area contributed by atoms with Crippen molar-refractivity contribution < 1.29 is 9.13 Å². The Morgan fingerprint density at radius 3 is 2.81 bits per heavy atom. The predicted molar refractivity (Wildman–Crippen MR) is 60.9 cm³/mol. The van der Waals surface area contributed by atoms with Crippen LogP contribution >= 0.6 is 0 Å². The van der Waals surface area contributed by atoms with E-state index in [2.05, 4.69) is 15.3 Å². The van der Waals surface area contributed by atoms with Crippen molar-refractivity contribution in [2.24, 2.45) is 0 Å². The summed E-state index contributed by atoms with van der Waals surface area (Å²) in [6.45, 7) is 6.84. The van der Waals surface area contributed by atoms with Crippen LogP contribution in [0.4, 0.5) is 10.2 Å². The first-order valence-corrected chi connectivity index (χ1v) is 5.50. The molecule has 0 aliphatic rings. The first-order chi connectivity index (χ1) is 7.65. The summed E-state index contributed by atoms with van der Waals surface area (Å²) in [4.78, 5) is 7.71. The van der Waals surface area contributed by atoms with E-state index in [-0.39, 0.29) is 17.7 Å². The second kappa shape index (κ2) is 6.37. The predicted octanol–water partition coefficient (Wildman–Crippen LogP) is 2.01. The van der Waals surface area contributed by atoms with Gasteiger partial charge < -0.3 is 10.1 Å². The fourth-order valence-corrected chi connectivity index (χ4v) is 1.24. The molecule has 0 spiro atoms. The molecule has 1 heterocycles. The fourth-order valence-electron chi connectivity index (χ4n) is 1.24. The monoisotopic (exact) mass is 227 g/mol. The van der Waals surface area contributed by atoms with Crippen LogP contribution in [0.3, 0.4) is 0 Å². The molecule has 16 heavy (non-hydrogen) atoms. The lowest BCUT2D eigenvalue weighted by Gasteiger charge is -2.10. The third kappa shape index (κ3) is 3.73. The van der Waals surface area contributed by atoms with Crippen molar-refractivity contribution in [1.82, 2.24) is 9.97 Å². The molecular weight excluding hydrogens is 209 g/mol. The molecule has 0 aromatic carbocycles. The number of aryl methyl sites for hydroxylation is 1. The van der Waals surface area contributed by atoms with E-state index in [0.29, 0.717) is 25.3 Å². The van der Waals surface area contributed by atoms with E-state index in [9.17, 15) is 4.39 Å². The Bertz CT molecular complexity index is 331. The first kappa shape index (κ1) is 12.8. The minimum Gasteiger partial charge on any atom is -0.377 e. The summed E-state index contributed by atoms with van der Waals surface area (Å²) >= 11 is 0. The van der Waals surface area contributed by atoms with Gasteiger partial charge in [0.2, 0.25) is 0 Å². The van der Waals surface area contributed by atoms with Crippen molar-refractivity contribution in [2.75, 3.05) is 18.5 Å². The van der Waals surface area contributed by atoms with E-state index in [4.69, 9.17) is 4.74 Å². The number of rotatable bonds is 6. The molecule has 0 unspecified atom stereocenters. The maximum Gasteiger partial charge on any atom is 0.186 e. The minimum atomic E-state index is -0.366. The van der Waals surface area contributed by atoms with Crippen LogP contribution in [0, 0.1) is 5.82 Å². The van der Waals surface area contributed by atoms with E-state index in [1.807, 2.05) is 20.8 Å². The van der Waals surface area contributed by atoms with Crippen molar-refractivity contribution in [3.05, 3.63) is 17.8 Å². The zero-order valence-corrected chi connectivity index (χ0v) is 9.96. The smallest absolute Gasteiger partial charge is 0.186 e. The van der Waals surface area contributed by atoms with Gasteiger partial charge in [-0.25, -0.2) is 14.4 Å². The van der Waals surface area contributed by atoms with E-state index < -0.39 is 0 Å². The van der Waals surface area contributed by atoms with Gasteiger partial charge in [-0.1, -0.05) is 6.92 Å². The molecule has 1 N–H and O–H groups in total. The van der Waals surface area contributed by atoms with E-state index in [1.54, 1.807) is 0 Å². The van der Waals surface area contributed by atoms with Crippen molar-refractivity contribution in [3.8, 4) is 0 Å². The van der Waals surface area contributed by atoms with Crippen LogP contribution in [0.5, 0.6) is 0 Å². The van der Waals surface area contributed by atoms with Crippen molar-refractivity contribution in [1.29, 1.82) is 0 Å². The molecule has 1 aromatic rings. The summed E-state index contributed by atoms with van der Waals surface area (Å²) in [5, 5.41) is 2.89. The molecule has 0 radical (unpaired) electrons. The molecule has 0 saturated heterocycles. The van der Waals surface area contributed by atoms with Gasteiger partial charge in [-0.2, -0.15) is 0 Å². The molecule has 0 bridgehead atoms. The van der Waals surface area contributed by atoms with Gasteiger partial charge in [0.25, 0.3) is 0 Å². The Hall–Kier alpha value is -1.23. The Kier molecular flexibility index (Phi) is 5.11. The first-order valence-electron chi connectivity index (χ1n) is 5.50. The van der Waals surface area contributed by atoms with Gasteiger partial charge in [-0.3, -0.25) is 0 Å². The summed E-state index contributed by atoms with van der Waals surface area (Å²) in [7, 11) is 0. The number of hydrogen-bond donors (Lipinski definition) is 1. The highest BCUT2D eigenvalue weighted by Crippen LogP contribution is 2.12. The maximum atomic E-state index is 13.6. The lowest BCUT2D eigenvalue weighted by Crippen LogP contribution is -2.15. The van der Waals surface area contributed by atoms with Gasteiger partial charge in [0.15, 0.2) is 11.6 Å². The highest BCUT2D eigenvalue weighted by Gasteiger charge is 2.08. The summed E-state index contributed by atoms with van der Waals surface area (Å²) in [6, 6.07) is 0. The van der Waals surface area contributed by atoms with Gasteiger partial charge in [-0.15, -0.1) is 0 Å². The molecule has 0 atom stereocenters. The van der Waals surface area contributed by atoms with Crippen LogP contribution < -0.4 is 5.32 Å². The zero-order chi connectivity index (χ0) is 12.0. The maximum absolute atomic E-state index is 13.6. The lowest BCUT2D eigenvalue weighted by atomic mass is 10.3. The average molecular weight is 227 g/mol. The van der Waals surface area contributed by atoms with Crippen LogP contribution in [0.1, 0.15) is 26.5 Å². The molecular formula is C11H18FN3O. The Morgan fingerprint density at radius 1 is 1.44 bits per heavy atom. The molecule has 0 aliphatic carbocycles. The number of nitrogens with zero attached hydrogens (tertiary/aromatic N) is 2. The minimum absolute atomic E-state index is 0.184. The third-order valence-corrected chi connectivity index (χ3v) is 2.04. The van der Waals surface area contributed by atoms with Crippen LogP contribution in [-0.2, 0) is 11.2 Å². The van der Waals surface area contributed by atoms with Gasteiger partial charge in [0.05, 0.1) is 18.4 Å². The lowest BCUT2D eigenvalue weighted by molar-refractivity contribution is 0.0870. The summed E-state index contributed by atoms with van der Waals surface area (Å²) < 4.78 is 19.0. The second-order valence-electron chi connectivity index (χ2n) is 3.68. The van der Waals surface area contributed by atoms with Crippen molar-refractivity contribution in [2.45, 2.75) is 33.3 Å². The van der Waals surface area contributed by atoms with Gasteiger partial charge >= 0.3 is 0 Å². The van der Waals surface area contributed by atoms with E-state index in [0.717, 1.165) is 0 Å². The molecule has 1 aromatic heterocycles. The van der Waals surface area contributed by atoms with Crippen molar-refractivity contribution >= 4 is 5.82 Å². The quantitative estimate of drug-likeness (QED) is 0.755. The molecule has 4 nitrogen and oxygen atoms in total. The van der Waals surface area contributed by atoms with Gasteiger partial charge in [-0.05, 0) is 20.3 Å². The topological polar surface area (TPSA) is 47.0 Å². The largest absolute Gasteiger partial charge is 0.377 e. The Labute approximate surface area is 95.3 Å². The number of aromatic nitrogens is 2. The Balaban J connectivity index is 2.47. The summed E-state index contributed by atoms with van der Waals surface area (Å²) in [5.74, 6) is -0.117. The van der Waals surface area contributed by atoms with Crippen LogP contribution in [0.25, 0.3) is 0 Å². The molecule has 5 heteroatoms. The van der Waals surface area contributed by atoms with E-state index in [1.165, 1.54) is 6.33 Å². The van der Waals surface area contributed by atoms with Crippen molar-refractivity contribution in [3.63, 3.8) is 0 Å². The van der Waals surface area contributed by atoms with E-state index >= 15 is 0 Å². The number of halogens is 1. The van der Waals surface area contributed by atoms with Crippen LogP contribution in [0.2, 0.25) is 0 Å². The number of hydrogen-bond acceptors (Lipinski definition) is 4. The SMILES string of the molecule is CCc1ncnc(NCCOC(C)C)c1F. The Morgan fingerprint density at radius 2 is 2.19 bits per heavy atom. The van der Waals surface area contributed by atoms with Crippen LogP contribution in [0.15, 0.2) is 6.33 Å². The van der Waals surface area contributed by atoms with Gasteiger partial charge in [0, 0.05) is 6.54 Å². The molecule has 0 fully saturated rings. The molecule has 0 saturated carbocycles. The number of anilines is 1. The summed E-state index contributed by atoms with van der Waals surface area (Å²) in [5.41, 5.74) is 0.433. The average Bonchev–Trinajstić information content (AvgIpc) is 2.26. The molecule has 0 aliphatic heterocycles. The molecule has 90 valence electrons. The molecule has 1 rings (SSSR count). The highest BCUT2D eigenvalue weighted by atomic mass is 19.1.